The lowest BCUT2D eigenvalue weighted by molar-refractivity contribution is 1.10. The van der Waals surface area contributed by atoms with E-state index in [1.807, 2.05) is 0 Å². The molecule has 0 radical (unpaired) electrons. The molecule has 0 saturated heterocycles. The van der Waals surface area contributed by atoms with Gasteiger partial charge in [0.05, 0.1) is 10.5 Å². The molecule has 1 heterocycles. The van der Waals surface area contributed by atoms with Crippen LogP contribution in [0.15, 0.2) is 12.1 Å². The van der Waals surface area contributed by atoms with Gasteiger partial charge < -0.3 is 5.73 Å². The highest BCUT2D eigenvalue weighted by Gasteiger charge is 2.07. The number of nitrogens with two attached hydrogens (primary N) is 1. The SMILES string of the molecule is Cc1nc(N)c2cc(Cl)cc(Cl)c2n1. The van der Waals surface area contributed by atoms with Crippen LogP contribution in [-0.2, 0) is 0 Å². The fourth-order valence-corrected chi connectivity index (χ4v) is 1.83. The average Bonchev–Trinajstić information content (AvgIpc) is 2.07. The second-order valence-electron chi connectivity index (χ2n) is 2.94. The number of nitrogen functional groups attached to an aromatic ring is 1. The number of aromatic nitrogens is 2. The summed E-state index contributed by atoms with van der Waals surface area (Å²) in [7, 11) is 0. The first-order valence-electron chi connectivity index (χ1n) is 3.97. The Hall–Kier alpha value is -1.06. The van der Waals surface area contributed by atoms with Crippen molar-refractivity contribution in [1.82, 2.24) is 9.97 Å². The predicted octanol–water partition coefficient (Wildman–Crippen LogP) is 2.83. The summed E-state index contributed by atoms with van der Waals surface area (Å²) in [6, 6.07) is 3.34. The molecule has 3 nitrogen and oxygen atoms in total. The molecule has 0 aliphatic carbocycles. The largest absolute Gasteiger partial charge is 0.383 e. The van der Waals surface area contributed by atoms with Gasteiger partial charge in [0.1, 0.15) is 11.6 Å². The highest BCUT2D eigenvalue weighted by atomic mass is 35.5. The summed E-state index contributed by atoms with van der Waals surface area (Å²) >= 11 is 11.8. The first kappa shape index (κ1) is 9.49. The van der Waals surface area contributed by atoms with E-state index in [9.17, 15) is 0 Å². The van der Waals surface area contributed by atoms with Crippen molar-refractivity contribution in [2.45, 2.75) is 6.92 Å². The molecule has 0 bridgehead atoms. The van der Waals surface area contributed by atoms with Crippen LogP contribution in [0.2, 0.25) is 10.0 Å². The van der Waals surface area contributed by atoms with Gasteiger partial charge in [-0.3, -0.25) is 0 Å². The highest BCUT2D eigenvalue weighted by molar-refractivity contribution is 6.38. The number of hydrogen-bond donors (Lipinski definition) is 1. The molecule has 14 heavy (non-hydrogen) atoms. The first-order valence-corrected chi connectivity index (χ1v) is 4.72. The van der Waals surface area contributed by atoms with Crippen molar-refractivity contribution < 1.29 is 0 Å². The number of aryl methyl sites for hydroxylation is 1. The van der Waals surface area contributed by atoms with E-state index in [1.54, 1.807) is 19.1 Å². The van der Waals surface area contributed by atoms with Gasteiger partial charge in [0, 0.05) is 10.4 Å². The summed E-state index contributed by atoms with van der Waals surface area (Å²) in [6.45, 7) is 1.76. The summed E-state index contributed by atoms with van der Waals surface area (Å²) in [5.74, 6) is 0.996. The monoisotopic (exact) mass is 227 g/mol. The van der Waals surface area contributed by atoms with Gasteiger partial charge in [0.25, 0.3) is 0 Å². The van der Waals surface area contributed by atoms with Crippen LogP contribution >= 0.6 is 23.2 Å². The van der Waals surface area contributed by atoms with E-state index in [4.69, 9.17) is 28.9 Å². The Morgan fingerprint density at radius 2 is 1.93 bits per heavy atom. The van der Waals surface area contributed by atoms with Crippen LogP contribution in [0, 0.1) is 6.92 Å². The zero-order chi connectivity index (χ0) is 10.3. The van der Waals surface area contributed by atoms with Crippen molar-refractivity contribution in [2.24, 2.45) is 0 Å². The van der Waals surface area contributed by atoms with Crippen molar-refractivity contribution in [1.29, 1.82) is 0 Å². The second-order valence-corrected chi connectivity index (χ2v) is 3.78. The van der Waals surface area contributed by atoms with E-state index in [0.29, 0.717) is 32.6 Å². The third-order valence-corrected chi connectivity index (χ3v) is 2.37. The Labute approximate surface area is 90.9 Å². The van der Waals surface area contributed by atoms with Gasteiger partial charge in [-0.2, -0.15) is 0 Å². The van der Waals surface area contributed by atoms with E-state index >= 15 is 0 Å². The van der Waals surface area contributed by atoms with E-state index in [2.05, 4.69) is 9.97 Å². The van der Waals surface area contributed by atoms with Gasteiger partial charge in [0.15, 0.2) is 0 Å². The van der Waals surface area contributed by atoms with Gasteiger partial charge in [0.2, 0.25) is 0 Å². The molecule has 0 spiro atoms. The Morgan fingerprint density at radius 1 is 1.21 bits per heavy atom. The molecule has 0 aliphatic heterocycles. The van der Waals surface area contributed by atoms with E-state index in [-0.39, 0.29) is 0 Å². The molecule has 0 unspecified atom stereocenters. The molecule has 5 heteroatoms. The van der Waals surface area contributed by atoms with Crippen LogP contribution in [-0.4, -0.2) is 9.97 Å². The molecule has 2 N–H and O–H groups in total. The van der Waals surface area contributed by atoms with Crippen LogP contribution in [0.1, 0.15) is 5.82 Å². The molecule has 0 amide bonds. The lowest BCUT2D eigenvalue weighted by Crippen LogP contribution is -1.97. The fraction of sp³-hybridized carbons (Fsp3) is 0.111. The van der Waals surface area contributed by atoms with E-state index in [0.717, 1.165) is 0 Å². The summed E-state index contributed by atoms with van der Waals surface area (Å²) < 4.78 is 0. The van der Waals surface area contributed by atoms with Gasteiger partial charge in [-0.1, -0.05) is 23.2 Å². The predicted molar refractivity (Wildman–Crippen MR) is 58.7 cm³/mol. The average molecular weight is 228 g/mol. The van der Waals surface area contributed by atoms with Crippen LogP contribution in [0.5, 0.6) is 0 Å². The molecular weight excluding hydrogens is 221 g/mol. The lowest BCUT2D eigenvalue weighted by Gasteiger charge is -2.04. The zero-order valence-corrected chi connectivity index (χ0v) is 8.89. The van der Waals surface area contributed by atoms with Gasteiger partial charge in [-0.25, -0.2) is 9.97 Å². The Bertz CT molecular complexity index is 464. The summed E-state index contributed by atoms with van der Waals surface area (Å²) in [5.41, 5.74) is 6.37. The normalized spacial score (nSPS) is 10.8. The molecule has 0 atom stereocenters. The minimum absolute atomic E-state index is 0.400. The van der Waals surface area contributed by atoms with Gasteiger partial charge in [-0.15, -0.1) is 0 Å². The van der Waals surface area contributed by atoms with Crippen molar-refractivity contribution in [3.63, 3.8) is 0 Å². The maximum atomic E-state index is 5.98. The number of anilines is 1. The van der Waals surface area contributed by atoms with Crippen LogP contribution < -0.4 is 5.73 Å². The Balaban J connectivity index is 2.94. The van der Waals surface area contributed by atoms with Gasteiger partial charge in [-0.05, 0) is 19.1 Å². The molecule has 1 aromatic carbocycles. The van der Waals surface area contributed by atoms with E-state index < -0.39 is 0 Å². The second kappa shape index (κ2) is 3.26. The molecule has 0 aliphatic rings. The lowest BCUT2D eigenvalue weighted by atomic mass is 10.2. The first-order chi connectivity index (χ1) is 6.58. The minimum Gasteiger partial charge on any atom is -0.383 e. The smallest absolute Gasteiger partial charge is 0.135 e. The number of benzene rings is 1. The van der Waals surface area contributed by atoms with Crippen LogP contribution in [0.4, 0.5) is 5.82 Å². The Kier molecular flexibility index (Phi) is 2.21. The number of nitrogens with zero attached hydrogens (tertiary/aromatic N) is 2. The molecule has 0 fully saturated rings. The summed E-state index contributed by atoms with van der Waals surface area (Å²) in [6.07, 6.45) is 0. The highest BCUT2D eigenvalue weighted by Crippen LogP contribution is 2.28. The third kappa shape index (κ3) is 1.49. The fourth-order valence-electron chi connectivity index (χ4n) is 1.30. The molecule has 1 aromatic heterocycles. The summed E-state index contributed by atoms with van der Waals surface area (Å²) in [4.78, 5) is 8.23. The van der Waals surface area contributed by atoms with Crippen molar-refractivity contribution in [3.8, 4) is 0 Å². The molecule has 2 aromatic rings. The topological polar surface area (TPSA) is 51.8 Å². The number of rotatable bonds is 0. The quantitative estimate of drug-likeness (QED) is 0.754. The molecule has 2 rings (SSSR count). The van der Waals surface area contributed by atoms with Crippen LogP contribution in [0.3, 0.4) is 0 Å². The number of halogens is 2. The Morgan fingerprint density at radius 3 is 2.64 bits per heavy atom. The van der Waals surface area contributed by atoms with Crippen molar-refractivity contribution in [3.05, 3.63) is 28.0 Å². The zero-order valence-electron chi connectivity index (χ0n) is 7.38. The number of hydrogen-bond acceptors (Lipinski definition) is 3. The van der Waals surface area contributed by atoms with Crippen molar-refractivity contribution >= 4 is 39.9 Å². The number of fused-ring (bicyclic) bond motifs is 1. The molecule has 0 saturated carbocycles. The van der Waals surface area contributed by atoms with Crippen LogP contribution in [0.25, 0.3) is 10.9 Å². The summed E-state index contributed by atoms with van der Waals surface area (Å²) in [5, 5.41) is 1.71. The molecular formula is C9H7Cl2N3. The van der Waals surface area contributed by atoms with E-state index in [1.165, 1.54) is 0 Å². The third-order valence-electron chi connectivity index (χ3n) is 1.86. The standard InChI is InChI=1S/C9H7Cl2N3/c1-4-13-8-6(9(12)14-4)2-5(10)3-7(8)11/h2-3H,1H3,(H2,12,13,14). The molecule has 72 valence electrons. The van der Waals surface area contributed by atoms with Crippen molar-refractivity contribution in [2.75, 3.05) is 5.73 Å². The van der Waals surface area contributed by atoms with Gasteiger partial charge >= 0.3 is 0 Å². The minimum atomic E-state index is 0.400. The maximum absolute atomic E-state index is 5.98. The maximum Gasteiger partial charge on any atom is 0.135 e.